The minimum Gasteiger partial charge on any atom is -0.435 e. The van der Waals surface area contributed by atoms with E-state index in [9.17, 15) is 22.0 Å². The zero-order valence-electron chi connectivity index (χ0n) is 18.3. The Labute approximate surface area is 195 Å². The van der Waals surface area contributed by atoms with E-state index in [-0.39, 0.29) is 36.2 Å². The molecule has 34 heavy (non-hydrogen) atoms. The third-order valence-electron chi connectivity index (χ3n) is 5.61. The van der Waals surface area contributed by atoms with Crippen molar-refractivity contribution >= 4 is 27.0 Å². The number of H-pyrrole nitrogens is 1. The molecule has 9 nitrogen and oxygen atoms in total. The Morgan fingerprint density at radius 2 is 1.88 bits per heavy atom. The zero-order chi connectivity index (χ0) is 24.1. The van der Waals surface area contributed by atoms with Gasteiger partial charge in [-0.3, -0.25) is 9.69 Å². The van der Waals surface area contributed by atoms with E-state index in [0.29, 0.717) is 37.1 Å². The highest BCUT2D eigenvalue weighted by Crippen LogP contribution is 2.25. The number of hydrogen-bond donors (Lipinski definition) is 2. The van der Waals surface area contributed by atoms with Crippen molar-refractivity contribution in [2.24, 2.45) is 0 Å². The van der Waals surface area contributed by atoms with Gasteiger partial charge >= 0.3 is 6.61 Å². The molecule has 2 aromatic heterocycles. The van der Waals surface area contributed by atoms with Gasteiger partial charge in [0.15, 0.2) is 0 Å². The Hall–Kier alpha value is -3.09. The predicted octanol–water partition coefficient (Wildman–Crippen LogP) is 1.83. The van der Waals surface area contributed by atoms with Crippen molar-refractivity contribution < 1.29 is 26.7 Å². The van der Waals surface area contributed by atoms with Crippen LogP contribution in [0.25, 0.3) is 11.0 Å². The molecule has 0 unspecified atom stereocenters. The lowest BCUT2D eigenvalue weighted by Crippen LogP contribution is -2.51. The van der Waals surface area contributed by atoms with E-state index in [1.54, 1.807) is 30.5 Å². The number of nitrogens with zero attached hydrogens (tertiary/aromatic N) is 3. The van der Waals surface area contributed by atoms with Gasteiger partial charge in [0, 0.05) is 50.5 Å². The number of carbonyl (C=O) groups excluding carboxylic acids is 1. The Kier molecular flexibility index (Phi) is 7.39. The molecule has 3 heterocycles. The van der Waals surface area contributed by atoms with Crippen molar-refractivity contribution in [2.75, 3.05) is 39.3 Å². The molecule has 12 heteroatoms. The lowest BCUT2D eigenvalue weighted by Gasteiger charge is -2.33. The number of benzene rings is 1. The normalized spacial score (nSPS) is 15.6. The Balaban J connectivity index is 1.22. The van der Waals surface area contributed by atoms with E-state index < -0.39 is 16.6 Å². The van der Waals surface area contributed by atoms with Gasteiger partial charge in [0.05, 0.1) is 6.54 Å². The maximum atomic E-state index is 13.1. The first-order chi connectivity index (χ1) is 16.3. The maximum absolute atomic E-state index is 13.1. The Morgan fingerprint density at radius 3 is 2.59 bits per heavy atom. The van der Waals surface area contributed by atoms with Crippen LogP contribution in [-0.2, 0) is 21.2 Å². The molecule has 1 aliphatic rings. The molecule has 1 saturated heterocycles. The summed E-state index contributed by atoms with van der Waals surface area (Å²) in [6.07, 6.45) is 3.61. The quantitative estimate of drug-likeness (QED) is 0.471. The molecule has 4 rings (SSSR count). The molecule has 2 N–H and O–H groups in total. The predicted molar refractivity (Wildman–Crippen MR) is 121 cm³/mol. The molecule has 182 valence electrons. The third kappa shape index (κ3) is 5.69. The van der Waals surface area contributed by atoms with Crippen LogP contribution in [-0.4, -0.2) is 79.4 Å². The van der Waals surface area contributed by atoms with Gasteiger partial charge in [-0.2, -0.15) is 13.1 Å². The Morgan fingerprint density at radius 1 is 1.15 bits per heavy atom. The first-order valence-corrected chi connectivity index (χ1v) is 12.2. The van der Waals surface area contributed by atoms with Crippen molar-refractivity contribution in [3.05, 3.63) is 54.4 Å². The molecule has 1 aromatic carbocycles. The fraction of sp³-hybridized carbons (Fsp3) is 0.364. The van der Waals surface area contributed by atoms with Crippen LogP contribution >= 0.6 is 0 Å². The average Bonchev–Trinajstić information content (AvgIpc) is 3.25. The van der Waals surface area contributed by atoms with Crippen LogP contribution in [0.3, 0.4) is 0 Å². The van der Waals surface area contributed by atoms with E-state index in [1.165, 1.54) is 22.6 Å². The van der Waals surface area contributed by atoms with E-state index in [0.717, 1.165) is 5.56 Å². The summed E-state index contributed by atoms with van der Waals surface area (Å²) in [5, 5.41) is 3.39. The summed E-state index contributed by atoms with van der Waals surface area (Å²) in [6.45, 7) is -0.830. The van der Waals surface area contributed by atoms with Crippen LogP contribution in [0.1, 0.15) is 5.56 Å². The highest BCUT2D eigenvalue weighted by atomic mass is 32.2. The molecule has 1 aliphatic heterocycles. The minimum atomic E-state index is -3.67. The molecular weight excluding hydrogens is 468 g/mol. The molecule has 1 amide bonds. The number of aromatic nitrogens is 2. The van der Waals surface area contributed by atoms with Crippen molar-refractivity contribution in [3.8, 4) is 5.75 Å². The number of rotatable bonds is 9. The zero-order valence-corrected chi connectivity index (χ0v) is 19.1. The number of aromatic amines is 1. The van der Waals surface area contributed by atoms with Gasteiger partial charge < -0.3 is 15.0 Å². The molecular formula is C22H25F2N5O4S. The third-order valence-corrected chi connectivity index (χ3v) is 7.55. The van der Waals surface area contributed by atoms with Crippen LogP contribution in [0.2, 0.25) is 0 Å². The number of fused-ring (bicyclic) bond motifs is 1. The summed E-state index contributed by atoms with van der Waals surface area (Å²) < 4.78 is 56.3. The van der Waals surface area contributed by atoms with Gasteiger partial charge in [0.1, 0.15) is 16.3 Å². The lowest BCUT2D eigenvalue weighted by atomic mass is 10.1. The van der Waals surface area contributed by atoms with Crippen molar-refractivity contribution in [2.45, 2.75) is 17.9 Å². The van der Waals surface area contributed by atoms with E-state index in [1.807, 2.05) is 4.90 Å². The second-order valence-electron chi connectivity index (χ2n) is 7.86. The number of pyridine rings is 1. The number of ether oxygens (including phenoxy) is 1. The molecule has 0 radical (unpaired) electrons. The van der Waals surface area contributed by atoms with Crippen molar-refractivity contribution in [3.63, 3.8) is 0 Å². The second-order valence-corrected chi connectivity index (χ2v) is 9.76. The van der Waals surface area contributed by atoms with E-state index >= 15 is 0 Å². The number of sulfonamides is 1. The summed E-state index contributed by atoms with van der Waals surface area (Å²) in [5.74, 6) is -0.0676. The fourth-order valence-electron chi connectivity index (χ4n) is 3.85. The van der Waals surface area contributed by atoms with Crippen molar-refractivity contribution in [1.82, 2.24) is 24.5 Å². The number of amides is 1. The Bertz CT molecular complexity index is 1230. The van der Waals surface area contributed by atoms with Crippen LogP contribution < -0.4 is 10.1 Å². The molecule has 0 atom stereocenters. The fourth-order valence-corrected chi connectivity index (χ4v) is 5.43. The monoisotopic (exact) mass is 493 g/mol. The van der Waals surface area contributed by atoms with Gasteiger partial charge in [-0.05, 0) is 36.2 Å². The highest BCUT2D eigenvalue weighted by Gasteiger charge is 2.31. The maximum Gasteiger partial charge on any atom is 0.387 e. The first-order valence-electron chi connectivity index (χ1n) is 10.8. The van der Waals surface area contributed by atoms with Gasteiger partial charge in [-0.1, -0.05) is 12.1 Å². The van der Waals surface area contributed by atoms with E-state index in [4.69, 9.17) is 0 Å². The SMILES string of the molecule is O=C(CN1CCN(S(=O)(=O)c2c[nH]c3ncccc23)CC1)NCCc1ccc(OC(F)F)cc1. The summed E-state index contributed by atoms with van der Waals surface area (Å²) >= 11 is 0. The number of piperazine rings is 1. The molecule has 0 spiro atoms. The second kappa shape index (κ2) is 10.5. The molecule has 0 bridgehead atoms. The number of halogens is 2. The summed E-state index contributed by atoms with van der Waals surface area (Å²) in [7, 11) is -3.67. The highest BCUT2D eigenvalue weighted by molar-refractivity contribution is 7.89. The number of carbonyl (C=O) groups is 1. The minimum absolute atomic E-state index is 0.0882. The van der Waals surface area contributed by atoms with Crippen molar-refractivity contribution in [1.29, 1.82) is 0 Å². The molecule has 0 saturated carbocycles. The lowest BCUT2D eigenvalue weighted by molar-refractivity contribution is -0.122. The number of alkyl halides is 2. The van der Waals surface area contributed by atoms with Gasteiger partial charge in [-0.15, -0.1) is 0 Å². The van der Waals surface area contributed by atoms with Crippen LogP contribution in [0.15, 0.2) is 53.7 Å². The van der Waals surface area contributed by atoms with Crippen LogP contribution in [0, 0.1) is 0 Å². The summed E-state index contributed by atoms with van der Waals surface area (Å²) in [4.78, 5) is 21.4. The largest absolute Gasteiger partial charge is 0.435 e. The molecule has 1 fully saturated rings. The van der Waals surface area contributed by atoms with Gasteiger partial charge in [-0.25, -0.2) is 13.4 Å². The standard InChI is InChI=1S/C22H25F2N5O4S/c23-22(24)33-17-5-3-16(4-6-17)7-9-25-20(30)15-28-10-12-29(13-11-28)34(31,32)19-14-27-21-18(19)2-1-8-26-21/h1-6,8,14,22H,7,9-13,15H2,(H,25,30)(H,26,27). The molecule has 3 aromatic rings. The summed E-state index contributed by atoms with van der Waals surface area (Å²) in [6, 6.07) is 9.69. The number of hydrogen-bond acceptors (Lipinski definition) is 6. The average molecular weight is 494 g/mol. The number of nitrogens with one attached hydrogen (secondary N) is 2. The van der Waals surface area contributed by atoms with Crippen LogP contribution in [0.4, 0.5) is 8.78 Å². The molecule has 0 aliphatic carbocycles. The van der Waals surface area contributed by atoms with Gasteiger partial charge in [0.25, 0.3) is 0 Å². The summed E-state index contributed by atoms with van der Waals surface area (Å²) in [5.41, 5.74) is 1.40. The topological polar surface area (TPSA) is 108 Å². The van der Waals surface area contributed by atoms with E-state index in [2.05, 4.69) is 20.0 Å². The first kappa shape index (κ1) is 24.0. The van der Waals surface area contributed by atoms with Gasteiger partial charge in [0.2, 0.25) is 15.9 Å². The smallest absolute Gasteiger partial charge is 0.387 e. The van der Waals surface area contributed by atoms with Crippen LogP contribution in [0.5, 0.6) is 5.75 Å².